The van der Waals surface area contributed by atoms with Crippen molar-refractivity contribution in [3.63, 3.8) is 0 Å². The van der Waals surface area contributed by atoms with Crippen LogP contribution in [-0.2, 0) is 4.74 Å². The first-order valence-electron chi connectivity index (χ1n) is 9.18. The predicted molar refractivity (Wildman–Crippen MR) is 104 cm³/mol. The van der Waals surface area contributed by atoms with E-state index in [0.717, 1.165) is 30.4 Å². The summed E-state index contributed by atoms with van der Waals surface area (Å²) in [6.45, 7) is 6.01. The van der Waals surface area contributed by atoms with Crippen molar-refractivity contribution in [2.45, 2.75) is 57.8 Å². The topological polar surface area (TPSA) is 65.9 Å². The van der Waals surface area contributed by atoms with E-state index in [2.05, 4.69) is 29.5 Å². The molecule has 1 spiro atoms. The van der Waals surface area contributed by atoms with E-state index in [-0.39, 0.29) is 5.41 Å². The molecule has 2 saturated carbocycles. The second-order valence-corrected chi connectivity index (χ2v) is 8.59. The van der Waals surface area contributed by atoms with E-state index in [4.69, 9.17) is 16.3 Å². The van der Waals surface area contributed by atoms with Crippen LogP contribution in [0.2, 0.25) is 4.34 Å². The number of rotatable bonds is 7. The summed E-state index contributed by atoms with van der Waals surface area (Å²) >= 11 is 7.34. The van der Waals surface area contributed by atoms with E-state index < -0.39 is 6.10 Å². The standard InChI is InChI=1S/C18H28ClN3O2S/c1-3-20-17(21-11-12(23)13-6-7-16(19)25-13)22-14-10-15(24-4-2)18(14)8-5-9-18/h6-7,12,14-15,23H,3-5,8-11H2,1-2H3,(H2,20,21,22). The van der Waals surface area contributed by atoms with Gasteiger partial charge in [-0.2, -0.15) is 0 Å². The Morgan fingerprint density at radius 3 is 2.84 bits per heavy atom. The lowest BCUT2D eigenvalue weighted by molar-refractivity contribution is -0.168. The van der Waals surface area contributed by atoms with Crippen molar-refractivity contribution in [2.24, 2.45) is 10.4 Å². The van der Waals surface area contributed by atoms with Gasteiger partial charge in [-0.25, -0.2) is 0 Å². The van der Waals surface area contributed by atoms with Gasteiger partial charge in [0.1, 0.15) is 6.10 Å². The van der Waals surface area contributed by atoms with Gasteiger partial charge in [0.05, 0.1) is 17.0 Å². The zero-order valence-electron chi connectivity index (χ0n) is 14.9. The van der Waals surface area contributed by atoms with Crippen LogP contribution in [0.5, 0.6) is 0 Å². The molecule has 1 aromatic rings. The van der Waals surface area contributed by atoms with E-state index in [9.17, 15) is 5.11 Å². The predicted octanol–water partition coefficient (Wildman–Crippen LogP) is 3.34. The number of halogens is 1. The van der Waals surface area contributed by atoms with Gasteiger partial charge in [-0.05, 0) is 45.2 Å². The number of aliphatic imine (C=N–C) groups is 1. The molecule has 3 unspecified atom stereocenters. The number of hydrogen-bond acceptors (Lipinski definition) is 4. The molecule has 0 bridgehead atoms. The summed E-state index contributed by atoms with van der Waals surface area (Å²) in [4.78, 5) is 5.43. The minimum atomic E-state index is -0.622. The maximum atomic E-state index is 10.3. The Hall–Kier alpha value is -0.820. The highest BCUT2D eigenvalue weighted by atomic mass is 35.5. The zero-order chi connectivity index (χ0) is 17.9. The van der Waals surface area contributed by atoms with Crippen LogP contribution in [-0.4, -0.2) is 42.9 Å². The molecule has 2 aliphatic rings. The minimum absolute atomic E-state index is 0.284. The van der Waals surface area contributed by atoms with Gasteiger partial charge in [0.15, 0.2) is 5.96 Å². The van der Waals surface area contributed by atoms with Gasteiger partial charge in [0.2, 0.25) is 0 Å². The number of hydrogen-bond donors (Lipinski definition) is 3. The first-order valence-corrected chi connectivity index (χ1v) is 10.4. The van der Waals surface area contributed by atoms with Gasteiger partial charge in [-0.1, -0.05) is 18.0 Å². The van der Waals surface area contributed by atoms with Gasteiger partial charge < -0.3 is 20.5 Å². The zero-order valence-corrected chi connectivity index (χ0v) is 16.5. The van der Waals surface area contributed by atoms with Crippen molar-refractivity contribution in [3.05, 3.63) is 21.3 Å². The van der Waals surface area contributed by atoms with Crippen LogP contribution in [0.4, 0.5) is 0 Å². The molecule has 140 valence electrons. The Morgan fingerprint density at radius 2 is 2.28 bits per heavy atom. The Balaban J connectivity index is 1.59. The van der Waals surface area contributed by atoms with Crippen LogP contribution in [0.3, 0.4) is 0 Å². The molecule has 0 aromatic carbocycles. The molecular weight excluding hydrogens is 358 g/mol. The second kappa shape index (κ2) is 8.25. The minimum Gasteiger partial charge on any atom is -0.386 e. The first-order chi connectivity index (χ1) is 12.1. The van der Waals surface area contributed by atoms with Crippen molar-refractivity contribution >= 4 is 28.9 Å². The normalized spacial score (nSPS) is 26.0. The van der Waals surface area contributed by atoms with Crippen LogP contribution >= 0.6 is 22.9 Å². The number of ether oxygens (including phenoxy) is 1. The Kier molecular flexibility index (Phi) is 6.25. The molecule has 1 aromatic heterocycles. The van der Waals surface area contributed by atoms with Gasteiger partial charge in [-0.15, -0.1) is 11.3 Å². The SMILES string of the molecule is CCNC(=NCC(O)c1ccc(Cl)s1)NC1CC(OCC)C12CCC2. The fraction of sp³-hybridized carbons (Fsp3) is 0.722. The highest BCUT2D eigenvalue weighted by Gasteiger charge is 2.59. The lowest BCUT2D eigenvalue weighted by atomic mass is 9.51. The van der Waals surface area contributed by atoms with Gasteiger partial charge in [0, 0.05) is 29.5 Å². The summed E-state index contributed by atoms with van der Waals surface area (Å²) in [6, 6.07) is 4.07. The van der Waals surface area contributed by atoms with Crippen LogP contribution < -0.4 is 10.6 Å². The highest BCUT2D eigenvalue weighted by Crippen LogP contribution is 2.57. The summed E-state index contributed by atoms with van der Waals surface area (Å²) in [7, 11) is 0. The van der Waals surface area contributed by atoms with E-state index in [1.807, 2.05) is 6.07 Å². The largest absolute Gasteiger partial charge is 0.386 e. The molecule has 0 amide bonds. The molecular formula is C18H28ClN3O2S. The number of aliphatic hydroxyl groups excluding tert-OH is 1. The first kappa shape index (κ1) is 19.0. The fourth-order valence-corrected chi connectivity index (χ4v) is 4.94. The molecule has 3 atom stereocenters. The van der Waals surface area contributed by atoms with Crippen molar-refractivity contribution in [2.75, 3.05) is 19.7 Å². The Labute approximate surface area is 158 Å². The summed E-state index contributed by atoms with van der Waals surface area (Å²) in [5, 5.41) is 17.2. The summed E-state index contributed by atoms with van der Waals surface area (Å²) in [5.74, 6) is 0.774. The van der Waals surface area contributed by atoms with E-state index >= 15 is 0 Å². The molecule has 2 fully saturated rings. The third kappa shape index (κ3) is 3.97. The average Bonchev–Trinajstić information content (AvgIpc) is 2.96. The smallest absolute Gasteiger partial charge is 0.191 e. The molecule has 3 rings (SSSR count). The van der Waals surface area contributed by atoms with Crippen molar-refractivity contribution in [1.29, 1.82) is 0 Å². The molecule has 3 N–H and O–H groups in total. The van der Waals surface area contributed by atoms with Gasteiger partial charge in [0.25, 0.3) is 0 Å². The van der Waals surface area contributed by atoms with Crippen LogP contribution in [0.1, 0.15) is 50.5 Å². The number of nitrogens with zero attached hydrogens (tertiary/aromatic N) is 1. The third-order valence-corrected chi connectivity index (χ3v) is 6.77. The van der Waals surface area contributed by atoms with Gasteiger partial charge >= 0.3 is 0 Å². The molecule has 25 heavy (non-hydrogen) atoms. The number of nitrogens with one attached hydrogen (secondary N) is 2. The molecule has 5 nitrogen and oxygen atoms in total. The highest BCUT2D eigenvalue weighted by molar-refractivity contribution is 7.16. The van der Waals surface area contributed by atoms with Crippen molar-refractivity contribution in [3.8, 4) is 0 Å². The number of thiophene rings is 1. The monoisotopic (exact) mass is 385 g/mol. The Morgan fingerprint density at radius 1 is 1.48 bits per heavy atom. The maximum Gasteiger partial charge on any atom is 0.191 e. The summed E-state index contributed by atoms with van der Waals surface area (Å²) in [5.41, 5.74) is 0.284. The second-order valence-electron chi connectivity index (χ2n) is 6.84. The van der Waals surface area contributed by atoms with Crippen LogP contribution in [0, 0.1) is 5.41 Å². The lowest BCUT2D eigenvalue weighted by Gasteiger charge is -2.61. The van der Waals surface area contributed by atoms with E-state index in [1.54, 1.807) is 6.07 Å². The molecule has 0 saturated heterocycles. The Bertz CT molecular complexity index is 603. The molecule has 0 radical (unpaired) electrons. The van der Waals surface area contributed by atoms with E-state index in [0.29, 0.717) is 23.0 Å². The van der Waals surface area contributed by atoms with Gasteiger partial charge in [-0.3, -0.25) is 4.99 Å². The van der Waals surface area contributed by atoms with Crippen LogP contribution in [0.25, 0.3) is 0 Å². The number of aliphatic hydroxyl groups is 1. The fourth-order valence-electron chi connectivity index (χ4n) is 3.90. The van der Waals surface area contributed by atoms with Crippen molar-refractivity contribution in [1.82, 2.24) is 10.6 Å². The van der Waals surface area contributed by atoms with Crippen molar-refractivity contribution < 1.29 is 9.84 Å². The molecule has 2 aliphatic carbocycles. The molecule has 1 heterocycles. The summed E-state index contributed by atoms with van der Waals surface area (Å²) < 4.78 is 6.60. The lowest BCUT2D eigenvalue weighted by Crippen LogP contribution is -2.68. The third-order valence-electron chi connectivity index (χ3n) is 5.44. The van der Waals surface area contributed by atoms with E-state index in [1.165, 1.54) is 30.6 Å². The molecule has 0 aliphatic heterocycles. The summed E-state index contributed by atoms with van der Waals surface area (Å²) in [6.07, 6.45) is 4.53. The molecule has 7 heteroatoms. The quantitative estimate of drug-likeness (QED) is 0.497. The maximum absolute atomic E-state index is 10.3. The van der Waals surface area contributed by atoms with Crippen LogP contribution in [0.15, 0.2) is 17.1 Å². The number of guanidine groups is 1. The average molecular weight is 386 g/mol.